The predicted molar refractivity (Wildman–Crippen MR) is 120 cm³/mol. The van der Waals surface area contributed by atoms with Crippen LogP contribution in [-0.2, 0) is 0 Å². The van der Waals surface area contributed by atoms with E-state index in [0.29, 0.717) is 0 Å². The van der Waals surface area contributed by atoms with Gasteiger partial charge in [-0.15, -0.1) is 0 Å². The maximum absolute atomic E-state index is 2.59. The summed E-state index contributed by atoms with van der Waals surface area (Å²) in [6.07, 6.45) is 27.7. The van der Waals surface area contributed by atoms with Gasteiger partial charge in [-0.2, -0.15) is 0 Å². The second kappa shape index (κ2) is 5.58. The van der Waals surface area contributed by atoms with Crippen LogP contribution in [0.15, 0.2) is 36.5 Å². The van der Waals surface area contributed by atoms with Crippen molar-refractivity contribution in [3.8, 4) is 0 Å². The summed E-state index contributed by atoms with van der Waals surface area (Å²) in [5.41, 5.74) is 0. The molecule has 8 bridgehead atoms. The van der Waals surface area contributed by atoms with Crippen LogP contribution in [0.5, 0.6) is 0 Å². The summed E-state index contributed by atoms with van der Waals surface area (Å²) < 4.78 is 0. The van der Waals surface area contributed by atoms with Gasteiger partial charge in [-0.1, -0.05) is 36.5 Å². The van der Waals surface area contributed by atoms with Gasteiger partial charge in [0.1, 0.15) is 0 Å². The second-order valence-electron chi connectivity index (χ2n) is 13.5. The van der Waals surface area contributed by atoms with Gasteiger partial charge in [0.05, 0.1) is 0 Å². The van der Waals surface area contributed by atoms with E-state index in [-0.39, 0.29) is 0 Å². The van der Waals surface area contributed by atoms with Crippen molar-refractivity contribution in [1.29, 1.82) is 0 Å². The smallest absolute Gasteiger partial charge is 0.0168 e. The van der Waals surface area contributed by atoms with Crippen LogP contribution in [0.2, 0.25) is 0 Å². The van der Waals surface area contributed by atoms with Gasteiger partial charge in [0.25, 0.3) is 0 Å². The Bertz CT molecular complexity index is 861. The first-order valence-electron chi connectivity index (χ1n) is 13.9. The Kier molecular flexibility index (Phi) is 3.12. The van der Waals surface area contributed by atoms with Crippen molar-refractivity contribution in [3.05, 3.63) is 36.5 Å². The quantitative estimate of drug-likeness (QED) is 0.312. The lowest BCUT2D eigenvalue weighted by Crippen LogP contribution is -2.36. The molecule has 0 heterocycles. The highest BCUT2D eigenvalue weighted by Crippen LogP contribution is 2.72. The summed E-state index contributed by atoms with van der Waals surface area (Å²) >= 11 is 0. The van der Waals surface area contributed by atoms with Crippen LogP contribution in [0.1, 0.15) is 51.4 Å². The first-order chi connectivity index (χ1) is 14.9. The number of hydrogen-bond donors (Lipinski definition) is 0. The third-order valence-corrected chi connectivity index (χ3v) is 13.3. The van der Waals surface area contributed by atoms with Crippen molar-refractivity contribution in [2.45, 2.75) is 51.4 Å². The van der Waals surface area contributed by atoms with Crippen molar-refractivity contribution in [3.63, 3.8) is 0 Å². The molecule has 0 heteroatoms. The van der Waals surface area contributed by atoms with Crippen molar-refractivity contribution in [1.82, 2.24) is 0 Å². The average molecular weight is 399 g/mol. The summed E-state index contributed by atoms with van der Waals surface area (Å²) in [5, 5.41) is 0. The fourth-order valence-corrected chi connectivity index (χ4v) is 13.0. The van der Waals surface area contributed by atoms with E-state index in [0.717, 1.165) is 71.0 Å². The molecule has 30 heavy (non-hydrogen) atoms. The van der Waals surface area contributed by atoms with Gasteiger partial charge in [0.15, 0.2) is 0 Å². The molecular formula is C30H38. The maximum Gasteiger partial charge on any atom is -0.0168 e. The van der Waals surface area contributed by atoms with Crippen molar-refractivity contribution < 1.29 is 0 Å². The van der Waals surface area contributed by atoms with Crippen LogP contribution >= 0.6 is 0 Å². The second-order valence-corrected chi connectivity index (χ2v) is 13.5. The lowest BCUT2D eigenvalue weighted by Gasteiger charge is -2.40. The van der Waals surface area contributed by atoms with Crippen LogP contribution in [-0.4, -0.2) is 0 Å². The summed E-state index contributed by atoms with van der Waals surface area (Å²) in [6.45, 7) is 0. The number of allylic oxidation sites excluding steroid dienone is 6. The molecule has 0 aromatic heterocycles. The average Bonchev–Trinajstić information content (AvgIpc) is 3.63. The molecule has 0 aromatic carbocycles. The molecule has 0 N–H and O–H groups in total. The Hall–Kier alpha value is -0.780. The lowest BCUT2D eigenvalue weighted by atomic mass is 9.64. The molecule has 0 spiro atoms. The highest BCUT2D eigenvalue weighted by atomic mass is 14.7. The van der Waals surface area contributed by atoms with Gasteiger partial charge in [-0.3, -0.25) is 0 Å². The van der Waals surface area contributed by atoms with Crippen LogP contribution in [0.4, 0.5) is 0 Å². The Labute approximate surface area is 182 Å². The monoisotopic (exact) mass is 398 g/mol. The van der Waals surface area contributed by atoms with Gasteiger partial charge in [0.2, 0.25) is 0 Å². The van der Waals surface area contributed by atoms with Gasteiger partial charge < -0.3 is 0 Å². The molecule has 0 radical (unpaired) electrons. The van der Waals surface area contributed by atoms with E-state index in [1.807, 2.05) is 0 Å². The molecule has 10 aliphatic rings. The van der Waals surface area contributed by atoms with Crippen molar-refractivity contribution in [2.24, 2.45) is 94.7 Å². The zero-order valence-corrected chi connectivity index (χ0v) is 18.4. The zero-order chi connectivity index (χ0) is 19.1. The minimum Gasteiger partial charge on any atom is -0.0879 e. The standard InChI is InChI=1S/C15H20.C15H18/c2*1-2-10-11(3-1)13-7-12(10)14-8-4-5-9(6-8)15(13)14/h1-2,8-15H,3-7H2;1-2,4-5,8-15H,3,6-7H2. The first kappa shape index (κ1) is 16.8. The van der Waals surface area contributed by atoms with E-state index in [1.165, 1.54) is 42.9 Å². The van der Waals surface area contributed by atoms with Gasteiger partial charge >= 0.3 is 0 Å². The Morgan fingerprint density at radius 2 is 0.967 bits per heavy atom. The third kappa shape index (κ3) is 1.83. The minimum atomic E-state index is 0.991. The number of fused-ring (bicyclic) bond motifs is 24. The fraction of sp³-hybridized carbons (Fsp3) is 0.800. The fourth-order valence-electron chi connectivity index (χ4n) is 13.0. The lowest BCUT2D eigenvalue weighted by molar-refractivity contribution is 0.0823. The first-order valence-corrected chi connectivity index (χ1v) is 13.9. The molecule has 16 unspecified atom stereocenters. The highest BCUT2D eigenvalue weighted by Gasteiger charge is 2.66. The van der Waals surface area contributed by atoms with Crippen molar-refractivity contribution in [2.75, 3.05) is 0 Å². The Morgan fingerprint density at radius 3 is 1.63 bits per heavy atom. The molecule has 0 aliphatic heterocycles. The van der Waals surface area contributed by atoms with E-state index >= 15 is 0 Å². The maximum atomic E-state index is 2.59. The van der Waals surface area contributed by atoms with E-state index in [4.69, 9.17) is 0 Å². The van der Waals surface area contributed by atoms with Gasteiger partial charge in [-0.05, 0) is 146 Å². The molecule has 10 rings (SSSR count). The number of rotatable bonds is 0. The predicted octanol–water partition coefficient (Wildman–Crippen LogP) is 6.76. The zero-order valence-electron chi connectivity index (χ0n) is 18.4. The molecule has 16 atom stereocenters. The van der Waals surface area contributed by atoms with Crippen LogP contribution < -0.4 is 0 Å². The normalized spacial score (nSPS) is 67.2. The Morgan fingerprint density at radius 1 is 0.433 bits per heavy atom. The molecule has 7 fully saturated rings. The molecular weight excluding hydrogens is 360 g/mol. The molecule has 0 amide bonds. The molecule has 7 saturated carbocycles. The summed E-state index contributed by atoms with van der Waals surface area (Å²) in [5.74, 6) is 17.7. The molecule has 0 nitrogen and oxygen atoms in total. The van der Waals surface area contributed by atoms with E-state index in [1.54, 1.807) is 32.1 Å². The largest absolute Gasteiger partial charge is 0.0879 e. The molecule has 0 saturated heterocycles. The van der Waals surface area contributed by atoms with E-state index in [2.05, 4.69) is 36.5 Å². The summed E-state index contributed by atoms with van der Waals surface area (Å²) in [7, 11) is 0. The van der Waals surface area contributed by atoms with Crippen molar-refractivity contribution >= 4 is 0 Å². The van der Waals surface area contributed by atoms with Crippen LogP contribution in [0, 0.1) is 94.7 Å². The molecule has 10 aliphatic carbocycles. The SMILES string of the molecule is C1=CC2C(C1)C1CC2C2C3C=CC(C3)C12.C1=CC2C(C1)C1CC2C2C3CCC(C3)C12. The summed E-state index contributed by atoms with van der Waals surface area (Å²) in [4.78, 5) is 0. The van der Waals surface area contributed by atoms with E-state index < -0.39 is 0 Å². The van der Waals surface area contributed by atoms with Gasteiger partial charge in [-0.25, -0.2) is 0 Å². The van der Waals surface area contributed by atoms with Crippen LogP contribution in [0.25, 0.3) is 0 Å². The van der Waals surface area contributed by atoms with Gasteiger partial charge in [0, 0.05) is 0 Å². The molecule has 158 valence electrons. The molecule has 0 aromatic rings. The summed E-state index contributed by atoms with van der Waals surface area (Å²) in [6, 6.07) is 0. The number of hydrogen-bond acceptors (Lipinski definition) is 0. The van der Waals surface area contributed by atoms with Crippen LogP contribution in [0.3, 0.4) is 0 Å². The third-order valence-electron chi connectivity index (χ3n) is 13.3. The Balaban J connectivity index is 0.0000000963. The minimum absolute atomic E-state index is 0.991. The topological polar surface area (TPSA) is 0 Å². The van der Waals surface area contributed by atoms with E-state index in [9.17, 15) is 0 Å². The highest BCUT2D eigenvalue weighted by molar-refractivity contribution is 5.25.